The molecule has 1 aromatic carbocycles. The van der Waals surface area contributed by atoms with Crippen LogP contribution in [0.2, 0.25) is 0 Å². The number of carbonyl (C=O) groups excluding carboxylic acids is 2. The molecule has 0 saturated carbocycles. The second kappa shape index (κ2) is 5.17. The van der Waals surface area contributed by atoms with Gasteiger partial charge in [-0.1, -0.05) is 35.4 Å². The maximum atomic E-state index is 10.8. The summed E-state index contributed by atoms with van der Waals surface area (Å²) in [6, 6.07) is 9.08. The lowest BCUT2D eigenvalue weighted by Gasteiger charge is -2.10. The van der Waals surface area contributed by atoms with E-state index in [-0.39, 0.29) is 6.54 Å². The monoisotopic (exact) mass is 210 g/mol. The van der Waals surface area contributed by atoms with E-state index in [1.165, 1.54) is 6.08 Å². The lowest BCUT2D eigenvalue weighted by atomic mass is 10.2. The molecule has 0 unspecified atom stereocenters. The topological polar surface area (TPSA) is 49.7 Å². The molecule has 0 radical (unpaired) electrons. The van der Waals surface area contributed by atoms with Crippen molar-refractivity contribution in [3.05, 3.63) is 35.9 Å². The van der Waals surface area contributed by atoms with Gasteiger partial charge in [-0.25, -0.2) is 9.80 Å². The van der Waals surface area contributed by atoms with Crippen LogP contribution in [0.4, 0.5) is 4.79 Å². The largest absolute Gasteiger partial charge is 0.337 e. The summed E-state index contributed by atoms with van der Waals surface area (Å²) < 4.78 is 0. The predicted octanol–water partition coefficient (Wildman–Crippen LogP) is 2.10. The van der Waals surface area contributed by atoms with Gasteiger partial charge in [-0.05, 0) is 17.2 Å². The van der Waals surface area contributed by atoms with Gasteiger partial charge in [0.25, 0.3) is 6.08 Å². The fraction of sp³-hybridized carbons (Fsp3) is 0.111. The number of nitrogens with zero attached hydrogens (tertiary/aromatic N) is 2. The van der Waals surface area contributed by atoms with Gasteiger partial charge in [0, 0.05) is 0 Å². The quantitative estimate of drug-likeness (QED) is 0.252. The summed E-state index contributed by atoms with van der Waals surface area (Å²) in [6.45, 7) is 0.165. The van der Waals surface area contributed by atoms with Crippen LogP contribution >= 0.6 is 11.6 Å². The van der Waals surface area contributed by atoms with E-state index in [4.69, 9.17) is 11.6 Å². The van der Waals surface area contributed by atoms with E-state index >= 15 is 0 Å². The first-order valence-electron chi connectivity index (χ1n) is 3.82. The molecule has 4 nitrogen and oxygen atoms in total. The number of hydrogen-bond acceptors (Lipinski definition) is 3. The smallest absolute Gasteiger partial charge is 0.253 e. The van der Waals surface area contributed by atoms with Crippen molar-refractivity contribution in [2.45, 2.75) is 6.54 Å². The first-order chi connectivity index (χ1) is 6.74. The van der Waals surface area contributed by atoms with Crippen molar-refractivity contribution >= 4 is 23.0 Å². The van der Waals surface area contributed by atoms with Crippen LogP contribution in [0.5, 0.6) is 0 Å². The van der Waals surface area contributed by atoms with E-state index in [2.05, 4.69) is 5.10 Å². The van der Waals surface area contributed by atoms with Crippen molar-refractivity contribution in [1.82, 2.24) is 5.01 Å². The Bertz CT molecular complexity index is 358. The molecule has 0 atom stereocenters. The lowest BCUT2D eigenvalue weighted by molar-refractivity contribution is 0.221. The van der Waals surface area contributed by atoms with Crippen molar-refractivity contribution in [1.29, 1.82) is 0 Å². The van der Waals surface area contributed by atoms with Gasteiger partial charge in [0.2, 0.25) is 0 Å². The number of isocyanates is 1. The van der Waals surface area contributed by atoms with E-state index in [0.717, 1.165) is 10.6 Å². The minimum Gasteiger partial charge on any atom is -0.253 e. The SMILES string of the molecule is O=C=NN(Cc1ccccc1)C(=O)Cl. The van der Waals surface area contributed by atoms with Crippen molar-refractivity contribution < 1.29 is 9.59 Å². The molecular weight excluding hydrogens is 204 g/mol. The van der Waals surface area contributed by atoms with Gasteiger partial charge in [-0.3, -0.25) is 4.79 Å². The zero-order chi connectivity index (χ0) is 10.4. The first-order valence-corrected chi connectivity index (χ1v) is 4.20. The second-order valence-corrected chi connectivity index (χ2v) is 2.81. The fourth-order valence-electron chi connectivity index (χ4n) is 0.942. The molecule has 0 N–H and O–H groups in total. The Kier molecular flexibility index (Phi) is 3.85. The van der Waals surface area contributed by atoms with E-state index in [1.807, 2.05) is 18.2 Å². The summed E-state index contributed by atoms with van der Waals surface area (Å²) in [5, 5.41) is 3.19. The van der Waals surface area contributed by atoms with Crippen LogP contribution < -0.4 is 0 Å². The molecule has 72 valence electrons. The third kappa shape index (κ3) is 3.01. The summed E-state index contributed by atoms with van der Waals surface area (Å²) >= 11 is 5.19. The number of carbonyl (C=O) groups is 1. The molecule has 0 fully saturated rings. The standard InChI is InChI=1S/C9H7ClN2O2/c10-9(14)12(11-7-13)6-8-4-2-1-3-5-8/h1-5H,6H2. The van der Waals surface area contributed by atoms with Crippen molar-refractivity contribution in [2.75, 3.05) is 0 Å². The summed E-state index contributed by atoms with van der Waals surface area (Å²) in [6.07, 6.45) is 1.27. The van der Waals surface area contributed by atoms with Gasteiger partial charge < -0.3 is 0 Å². The molecule has 1 amide bonds. The summed E-state index contributed by atoms with van der Waals surface area (Å²) in [5.41, 5.74) is 0.834. The molecule has 5 heteroatoms. The van der Waals surface area contributed by atoms with E-state index in [0.29, 0.717) is 0 Å². The van der Waals surface area contributed by atoms with Crippen LogP contribution in [-0.4, -0.2) is 16.5 Å². The Labute approximate surface area is 85.8 Å². The minimum atomic E-state index is -0.808. The molecule has 0 bridgehead atoms. The summed E-state index contributed by atoms with van der Waals surface area (Å²) in [5.74, 6) is 0. The lowest BCUT2D eigenvalue weighted by Crippen LogP contribution is -2.18. The van der Waals surface area contributed by atoms with Crippen LogP contribution in [0.15, 0.2) is 35.4 Å². The molecule has 0 aliphatic rings. The highest BCUT2D eigenvalue weighted by atomic mass is 35.5. The number of hydrazone groups is 1. The van der Waals surface area contributed by atoms with Crippen LogP contribution in [0.1, 0.15) is 5.56 Å². The molecule has 0 aromatic heterocycles. The Balaban J connectivity index is 2.75. The highest BCUT2D eigenvalue weighted by molar-refractivity contribution is 6.62. The maximum Gasteiger partial charge on any atom is 0.337 e. The zero-order valence-corrected chi connectivity index (χ0v) is 7.94. The molecule has 0 spiro atoms. The maximum absolute atomic E-state index is 10.8. The molecule has 0 saturated heterocycles. The third-order valence-corrected chi connectivity index (χ3v) is 1.73. The van der Waals surface area contributed by atoms with Crippen LogP contribution in [0.25, 0.3) is 0 Å². The number of rotatable bonds is 3. The molecule has 0 heterocycles. The Morgan fingerprint density at radius 1 is 1.43 bits per heavy atom. The number of benzene rings is 1. The van der Waals surface area contributed by atoms with Crippen LogP contribution in [0.3, 0.4) is 0 Å². The van der Waals surface area contributed by atoms with Gasteiger partial charge in [0.15, 0.2) is 0 Å². The number of halogens is 1. The molecule has 1 aromatic rings. The molecule has 14 heavy (non-hydrogen) atoms. The van der Waals surface area contributed by atoms with Crippen LogP contribution in [-0.2, 0) is 11.3 Å². The summed E-state index contributed by atoms with van der Waals surface area (Å²) in [4.78, 5) is 20.7. The number of amides is 1. The molecule has 1 rings (SSSR count). The van der Waals surface area contributed by atoms with Gasteiger partial charge in [0.05, 0.1) is 6.54 Å². The zero-order valence-electron chi connectivity index (χ0n) is 7.18. The normalized spacial score (nSPS) is 8.93. The van der Waals surface area contributed by atoms with E-state index in [9.17, 15) is 9.59 Å². The molecule has 0 aliphatic carbocycles. The van der Waals surface area contributed by atoms with Gasteiger partial charge in [0.1, 0.15) is 0 Å². The third-order valence-electron chi connectivity index (χ3n) is 1.54. The average Bonchev–Trinajstić information content (AvgIpc) is 2.18. The van der Waals surface area contributed by atoms with E-state index in [1.54, 1.807) is 12.1 Å². The fourth-order valence-corrected chi connectivity index (χ4v) is 1.04. The highest BCUT2D eigenvalue weighted by Gasteiger charge is 2.09. The van der Waals surface area contributed by atoms with Crippen molar-refractivity contribution in [3.8, 4) is 0 Å². The summed E-state index contributed by atoms with van der Waals surface area (Å²) in [7, 11) is 0. The predicted molar refractivity (Wildman–Crippen MR) is 51.4 cm³/mol. The first kappa shape index (κ1) is 10.4. The van der Waals surface area contributed by atoms with Gasteiger partial charge >= 0.3 is 5.37 Å². The minimum absolute atomic E-state index is 0.165. The second-order valence-electron chi connectivity index (χ2n) is 2.49. The molecular formula is C9H7ClN2O2. The Hall–Kier alpha value is -1.64. The van der Waals surface area contributed by atoms with Gasteiger partial charge in [-0.15, -0.1) is 0 Å². The Morgan fingerprint density at radius 2 is 2.07 bits per heavy atom. The van der Waals surface area contributed by atoms with Crippen molar-refractivity contribution in [2.24, 2.45) is 5.10 Å². The van der Waals surface area contributed by atoms with Crippen LogP contribution in [0, 0.1) is 0 Å². The number of hydrogen-bond donors (Lipinski definition) is 0. The highest BCUT2D eigenvalue weighted by Crippen LogP contribution is 2.06. The van der Waals surface area contributed by atoms with Gasteiger partial charge in [-0.2, -0.15) is 0 Å². The van der Waals surface area contributed by atoms with Crippen molar-refractivity contribution in [3.63, 3.8) is 0 Å². The average molecular weight is 211 g/mol. The Morgan fingerprint density at radius 3 is 2.57 bits per heavy atom. The van der Waals surface area contributed by atoms with E-state index < -0.39 is 5.37 Å². The molecule has 0 aliphatic heterocycles.